The number of hydrogen-bond donors (Lipinski definition) is 1. The van der Waals surface area contributed by atoms with Crippen LogP contribution in [0.1, 0.15) is 23.8 Å². The summed E-state index contributed by atoms with van der Waals surface area (Å²) < 4.78 is 21.6. The molecule has 9 nitrogen and oxygen atoms in total. The molecule has 9 heteroatoms. The number of hydrogen-bond acceptors (Lipinski definition) is 8. The number of amides is 1. The summed E-state index contributed by atoms with van der Waals surface area (Å²) in [4.78, 5) is 29.7. The molecule has 1 aromatic carbocycles. The van der Waals surface area contributed by atoms with E-state index >= 15 is 0 Å². The second-order valence-corrected chi connectivity index (χ2v) is 7.88. The second-order valence-electron chi connectivity index (χ2n) is 7.88. The molecule has 2 saturated heterocycles. The number of aliphatic hydroxyl groups excluding tert-OH is 1. The standard InChI is InChI=1S/C23H24N2O7/c26-21(15-4-5-16-18(13-15)32-14-31-16)19-20(17-3-1-10-30-17)25(23(28)22(19)27)7-2-6-24-8-11-29-12-9-24/h1,3-5,10,13,20,26H,2,6-9,11-12,14H2. The average Bonchev–Trinajstić information content (AvgIpc) is 3.55. The lowest BCUT2D eigenvalue weighted by atomic mass is 9.99. The van der Waals surface area contributed by atoms with E-state index in [2.05, 4.69) is 4.90 Å². The molecule has 0 spiro atoms. The number of carbonyl (C=O) groups excluding carboxylic acids is 2. The summed E-state index contributed by atoms with van der Waals surface area (Å²) in [7, 11) is 0. The molecule has 1 N–H and O–H groups in total. The Bertz CT molecular complexity index is 1040. The lowest BCUT2D eigenvalue weighted by molar-refractivity contribution is -0.140. The third-order valence-corrected chi connectivity index (χ3v) is 5.98. The van der Waals surface area contributed by atoms with Gasteiger partial charge in [-0.1, -0.05) is 0 Å². The minimum absolute atomic E-state index is 0.00943. The molecule has 2 aromatic rings. The third-order valence-electron chi connectivity index (χ3n) is 5.98. The highest BCUT2D eigenvalue weighted by Crippen LogP contribution is 2.41. The monoisotopic (exact) mass is 440 g/mol. The molecule has 5 rings (SSSR count). The van der Waals surface area contributed by atoms with Gasteiger partial charge in [-0.05, 0) is 36.8 Å². The van der Waals surface area contributed by atoms with Gasteiger partial charge in [0.1, 0.15) is 17.6 Å². The Balaban J connectivity index is 1.44. The van der Waals surface area contributed by atoms with Crippen molar-refractivity contribution < 1.29 is 33.3 Å². The van der Waals surface area contributed by atoms with E-state index in [1.54, 1.807) is 30.3 Å². The van der Waals surface area contributed by atoms with Crippen LogP contribution in [0.3, 0.4) is 0 Å². The van der Waals surface area contributed by atoms with Gasteiger partial charge >= 0.3 is 0 Å². The van der Waals surface area contributed by atoms with Crippen molar-refractivity contribution in [3.8, 4) is 11.5 Å². The van der Waals surface area contributed by atoms with Gasteiger partial charge in [0.05, 0.1) is 25.1 Å². The SMILES string of the molecule is O=C1C(=O)N(CCCN2CCOCC2)C(c2ccco2)C1=C(O)c1ccc2c(c1)OCO2. The smallest absolute Gasteiger partial charge is 0.295 e. The van der Waals surface area contributed by atoms with Crippen LogP contribution in [0.15, 0.2) is 46.6 Å². The van der Waals surface area contributed by atoms with E-state index in [4.69, 9.17) is 18.6 Å². The number of nitrogens with zero attached hydrogens (tertiary/aromatic N) is 2. The van der Waals surface area contributed by atoms with Crippen LogP contribution in [0, 0.1) is 0 Å². The van der Waals surface area contributed by atoms with Crippen LogP contribution in [0.5, 0.6) is 11.5 Å². The fraction of sp³-hybridized carbons (Fsp3) is 0.391. The van der Waals surface area contributed by atoms with E-state index in [0.29, 0.717) is 49.0 Å². The topological polar surface area (TPSA) is 102 Å². The summed E-state index contributed by atoms with van der Waals surface area (Å²) in [6.07, 6.45) is 2.18. The van der Waals surface area contributed by atoms with E-state index < -0.39 is 17.7 Å². The summed E-state index contributed by atoms with van der Waals surface area (Å²) in [6.45, 7) is 4.36. The highest BCUT2D eigenvalue weighted by Gasteiger charge is 2.47. The van der Waals surface area contributed by atoms with Gasteiger partial charge < -0.3 is 28.6 Å². The minimum Gasteiger partial charge on any atom is -0.507 e. The fourth-order valence-electron chi connectivity index (χ4n) is 4.34. The number of ketones is 1. The fourth-order valence-corrected chi connectivity index (χ4v) is 4.34. The molecule has 3 aliphatic rings. The van der Waals surface area contributed by atoms with Crippen LogP contribution in [0.4, 0.5) is 0 Å². The van der Waals surface area contributed by atoms with Crippen LogP contribution >= 0.6 is 0 Å². The predicted molar refractivity (Wildman–Crippen MR) is 112 cm³/mol. The van der Waals surface area contributed by atoms with Gasteiger partial charge in [-0.15, -0.1) is 0 Å². The summed E-state index contributed by atoms with van der Waals surface area (Å²) in [6, 6.07) is 7.51. The molecule has 1 atom stereocenters. The quantitative estimate of drug-likeness (QED) is 0.414. The highest BCUT2D eigenvalue weighted by molar-refractivity contribution is 6.46. The molecule has 0 aliphatic carbocycles. The molecule has 0 bridgehead atoms. The Labute approximate surface area is 184 Å². The lowest BCUT2D eigenvalue weighted by Gasteiger charge is -2.28. The number of ether oxygens (including phenoxy) is 3. The summed E-state index contributed by atoms with van der Waals surface area (Å²) in [5.41, 5.74) is 0.382. The third kappa shape index (κ3) is 3.74. The van der Waals surface area contributed by atoms with Crippen molar-refractivity contribution in [3.05, 3.63) is 53.5 Å². The maximum Gasteiger partial charge on any atom is 0.295 e. The molecule has 168 valence electrons. The first kappa shape index (κ1) is 20.6. The van der Waals surface area contributed by atoms with Crippen molar-refractivity contribution >= 4 is 17.4 Å². The molecule has 3 aliphatic heterocycles. The number of furan rings is 1. The normalized spacial score (nSPS) is 22.6. The number of Topliss-reactive ketones (excluding diaryl/α,β-unsaturated/α-hetero) is 1. The summed E-state index contributed by atoms with van der Waals surface area (Å²) in [5.74, 6) is -0.170. The highest BCUT2D eigenvalue weighted by atomic mass is 16.7. The first-order chi connectivity index (χ1) is 15.6. The van der Waals surface area contributed by atoms with Crippen LogP contribution in [0.2, 0.25) is 0 Å². The van der Waals surface area contributed by atoms with E-state index in [0.717, 1.165) is 19.6 Å². The van der Waals surface area contributed by atoms with Gasteiger partial charge in [-0.25, -0.2) is 0 Å². The zero-order valence-corrected chi connectivity index (χ0v) is 17.5. The van der Waals surface area contributed by atoms with E-state index in [1.165, 1.54) is 11.2 Å². The largest absolute Gasteiger partial charge is 0.507 e. The number of likely N-dealkylation sites (tertiary alicyclic amines) is 1. The molecule has 32 heavy (non-hydrogen) atoms. The van der Waals surface area contributed by atoms with Gasteiger partial charge in [0.25, 0.3) is 11.7 Å². The molecule has 4 heterocycles. The number of fused-ring (bicyclic) bond motifs is 1. The Hall–Kier alpha value is -3.30. The van der Waals surface area contributed by atoms with E-state index in [1.807, 2.05) is 0 Å². The maximum absolute atomic E-state index is 13.0. The number of benzene rings is 1. The Morgan fingerprint density at radius 2 is 1.88 bits per heavy atom. The average molecular weight is 440 g/mol. The Morgan fingerprint density at radius 3 is 2.66 bits per heavy atom. The Morgan fingerprint density at radius 1 is 1.06 bits per heavy atom. The van der Waals surface area contributed by atoms with Gasteiger partial charge in [0, 0.05) is 31.7 Å². The molecule has 1 amide bonds. The van der Waals surface area contributed by atoms with Gasteiger partial charge in [0.2, 0.25) is 6.79 Å². The van der Waals surface area contributed by atoms with Crippen molar-refractivity contribution in [2.24, 2.45) is 0 Å². The summed E-state index contributed by atoms with van der Waals surface area (Å²) in [5, 5.41) is 11.1. The Kier molecular flexibility index (Phi) is 5.59. The second kappa shape index (κ2) is 8.68. The van der Waals surface area contributed by atoms with E-state index in [-0.39, 0.29) is 18.1 Å². The van der Waals surface area contributed by atoms with Crippen molar-refractivity contribution in [1.29, 1.82) is 0 Å². The summed E-state index contributed by atoms with van der Waals surface area (Å²) >= 11 is 0. The van der Waals surface area contributed by atoms with Crippen molar-refractivity contribution in [2.75, 3.05) is 46.2 Å². The molecule has 0 radical (unpaired) electrons. The van der Waals surface area contributed by atoms with Gasteiger partial charge in [0.15, 0.2) is 11.5 Å². The molecular formula is C23H24N2O7. The number of morpholine rings is 1. The lowest BCUT2D eigenvalue weighted by Crippen LogP contribution is -2.38. The predicted octanol–water partition coefficient (Wildman–Crippen LogP) is 2.15. The van der Waals surface area contributed by atoms with Crippen LogP contribution in [-0.2, 0) is 14.3 Å². The molecular weight excluding hydrogens is 416 g/mol. The van der Waals surface area contributed by atoms with Crippen molar-refractivity contribution in [1.82, 2.24) is 9.80 Å². The first-order valence-electron chi connectivity index (χ1n) is 10.7. The van der Waals surface area contributed by atoms with Crippen molar-refractivity contribution in [2.45, 2.75) is 12.5 Å². The van der Waals surface area contributed by atoms with Gasteiger partial charge in [-0.3, -0.25) is 14.5 Å². The number of aliphatic hydroxyl groups is 1. The van der Waals surface area contributed by atoms with Crippen LogP contribution in [0.25, 0.3) is 5.76 Å². The van der Waals surface area contributed by atoms with Gasteiger partial charge in [-0.2, -0.15) is 0 Å². The minimum atomic E-state index is -0.792. The number of rotatable bonds is 6. The zero-order valence-electron chi connectivity index (χ0n) is 17.5. The van der Waals surface area contributed by atoms with Crippen molar-refractivity contribution in [3.63, 3.8) is 0 Å². The van der Waals surface area contributed by atoms with Crippen LogP contribution in [-0.4, -0.2) is 72.8 Å². The van der Waals surface area contributed by atoms with E-state index in [9.17, 15) is 14.7 Å². The molecule has 2 fully saturated rings. The molecule has 1 unspecified atom stereocenters. The maximum atomic E-state index is 13.0. The molecule has 1 aromatic heterocycles. The zero-order chi connectivity index (χ0) is 22.1. The number of carbonyl (C=O) groups is 2. The van der Waals surface area contributed by atoms with Crippen LogP contribution < -0.4 is 9.47 Å². The first-order valence-corrected chi connectivity index (χ1v) is 10.7. The molecule has 0 saturated carbocycles.